The summed E-state index contributed by atoms with van der Waals surface area (Å²) in [4.78, 5) is 0.729. The zero-order valence-electron chi connectivity index (χ0n) is 7.25. The third-order valence-electron chi connectivity index (χ3n) is 2.07. The molecule has 0 bridgehead atoms. The first-order chi connectivity index (χ1) is 6.76. The molecule has 4 heteroatoms. The Labute approximate surface area is 94.1 Å². The number of hydrogen-bond acceptors (Lipinski definition) is 3. The summed E-state index contributed by atoms with van der Waals surface area (Å²) in [6, 6.07) is 7.88. The van der Waals surface area contributed by atoms with Crippen molar-refractivity contribution in [2.24, 2.45) is 0 Å². The van der Waals surface area contributed by atoms with E-state index in [0.717, 1.165) is 31.5 Å². The van der Waals surface area contributed by atoms with Crippen molar-refractivity contribution in [3.8, 4) is 6.07 Å². The number of halogens is 1. The molecule has 0 atom stereocenters. The van der Waals surface area contributed by atoms with Crippen LogP contribution in [-0.4, -0.2) is 0 Å². The SMILES string of the molecule is N#Cc1cc2ccc(N)c(CBr)c2s1. The zero-order chi connectivity index (χ0) is 10.1. The smallest absolute Gasteiger partial charge is 0.110 e. The van der Waals surface area contributed by atoms with Crippen LogP contribution in [0.2, 0.25) is 0 Å². The number of benzene rings is 1. The summed E-state index contributed by atoms with van der Waals surface area (Å²) < 4.78 is 1.11. The standard InChI is InChI=1S/C10H7BrN2S/c11-4-8-9(13)2-1-6-3-7(5-12)14-10(6)8/h1-3H,4,13H2. The first kappa shape index (κ1) is 9.50. The number of alkyl halides is 1. The Hall–Kier alpha value is -1.05. The molecule has 0 amide bonds. The topological polar surface area (TPSA) is 49.8 Å². The second-order valence-electron chi connectivity index (χ2n) is 2.91. The molecule has 0 spiro atoms. The highest BCUT2D eigenvalue weighted by molar-refractivity contribution is 9.08. The predicted octanol–water partition coefficient (Wildman–Crippen LogP) is 3.25. The van der Waals surface area contributed by atoms with E-state index in [1.54, 1.807) is 0 Å². The van der Waals surface area contributed by atoms with Crippen LogP contribution in [0, 0.1) is 11.3 Å². The van der Waals surface area contributed by atoms with Gasteiger partial charge in [-0.3, -0.25) is 0 Å². The number of rotatable bonds is 1. The van der Waals surface area contributed by atoms with Crippen LogP contribution in [0.4, 0.5) is 5.69 Å². The third kappa shape index (κ3) is 1.39. The number of thiophene rings is 1. The Kier molecular flexibility index (Phi) is 2.44. The molecule has 70 valence electrons. The summed E-state index contributed by atoms with van der Waals surface area (Å²) in [7, 11) is 0. The van der Waals surface area contributed by atoms with Crippen molar-refractivity contribution in [2.75, 3.05) is 5.73 Å². The Balaban J connectivity index is 2.81. The molecule has 2 nitrogen and oxygen atoms in total. The average Bonchev–Trinajstić information content (AvgIpc) is 2.60. The molecule has 2 aromatic rings. The van der Waals surface area contributed by atoms with E-state index in [-0.39, 0.29) is 0 Å². The van der Waals surface area contributed by atoms with Gasteiger partial charge >= 0.3 is 0 Å². The molecule has 0 saturated carbocycles. The van der Waals surface area contributed by atoms with Gasteiger partial charge < -0.3 is 5.73 Å². The van der Waals surface area contributed by atoms with Crippen molar-refractivity contribution in [1.29, 1.82) is 5.26 Å². The van der Waals surface area contributed by atoms with Gasteiger partial charge in [0, 0.05) is 21.3 Å². The number of fused-ring (bicyclic) bond motifs is 1. The molecule has 0 aliphatic carbocycles. The lowest BCUT2D eigenvalue weighted by Gasteiger charge is -2.02. The maximum absolute atomic E-state index is 8.79. The molecular weight excluding hydrogens is 260 g/mol. The second-order valence-corrected chi connectivity index (χ2v) is 4.52. The summed E-state index contributed by atoms with van der Waals surface area (Å²) in [6.07, 6.45) is 0. The van der Waals surface area contributed by atoms with Crippen molar-refractivity contribution in [1.82, 2.24) is 0 Å². The van der Waals surface area contributed by atoms with E-state index in [9.17, 15) is 0 Å². The summed E-state index contributed by atoms with van der Waals surface area (Å²) >= 11 is 4.90. The molecule has 1 aromatic heterocycles. The van der Waals surface area contributed by atoms with E-state index >= 15 is 0 Å². The van der Waals surface area contributed by atoms with E-state index in [4.69, 9.17) is 11.0 Å². The van der Waals surface area contributed by atoms with Gasteiger partial charge in [-0.1, -0.05) is 22.0 Å². The van der Waals surface area contributed by atoms with Gasteiger partial charge in [0.15, 0.2) is 0 Å². The number of nitriles is 1. The van der Waals surface area contributed by atoms with Crippen LogP contribution < -0.4 is 5.73 Å². The molecule has 0 unspecified atom stereocenters. The van der Waals surface area contributed by atoms with Gasteiger partial charge in [0.1, 0.15) is 10.9 Å². The summed E-state index contributed by atoms with van der Waals surface area (Å²) in [5, 5.41) is 10.6. The molecule has 14 heavy (non-hydrogen) atoms. The van der Waals surface area contributed by atoms with E-state index in [0.29, 0.717) is 0 Å². The number of hydrogen-bond donors (Lipinski definition) is 1. The Morgan fingerprint density at radius 3 is 2.93 bits per heavy atom. The van der Waals surface area contributed by atoms with Crippen LogP contribution in [-0.2, 0) is 5.33 Å². The van der Waals surface area contributed by atoms with Gasteiger partial charge in [0.2, 0.25) is 0 Å². The first-order valence-electron chi connectivity index (χ1n) is 4.03. The van der Waals surface area contributed by atoms with Gasteiger partial charge in [-0.2, -0.15) is 5.26 Å². The Morgan fingerprint density at radius 1 is 1.50 bits per heavy atom. The van der Waals surface area contributed by atoms with Gasteiger partial charge in [-0.05, 0) is 17.5 Å². The fourth-order valence-corrected chi connectivity index (χ4v) is 3.17. The lowest BCUT2D eigenvalue weighted by Crippen LogP contribution is -1.90. The van der Waals surface area contributed by atoms with E-state index in [2.05, 4.69) is 22.0 Å². The molecule has 0 aliphatic rings. The van der Waals surface area contributed by atoms with Gasteiger partial charge in [-0.25, -0.2) is 0 Å². The van der Waals surface area contributed by atoms with Gasteiger partial charge in [-0.15, -0.1) is 11.3 Å². The Morgan fingerprint density at radius 2 is 2.29 bits per heavy atom. The molecule has 1 aromatic carbocycles. The quantitative estimate of drug-likeness (QED) is 0.637. The van der Waals surface area contributed by atoms with Crippen molar-refractivity contribution >= 4 is 43.0 Å². The maximum atomic E-state index is 8.79. The highest BCUT2D eigenvalue weighted by atomic mass is 79.9. The van der Waals surface area contributed by atoms with Crippen molar-refractivity contribution in [3.63, 3.8) is 0 Å². The molecule has 0 radical (unpaired) electrons. The second kappa shape index (κ2) is 3.60. The molecular formula is C10H7BrN2S. The summed E-state index contributed by atoms with van der Waals surface area (Å²) in [6.45, 7) is 0. The third-order valence-corrected chi connectivity index (χ3v) is 3.75. The molecule has 1 heterocycles. The molecule has 0 saturated heterocycles. The summed E-state index contributed by atoms with van der Waals surface area (Å²) in [5.74, 6) is 0. The normalized spacial score (nSPS) is 10.3. The highest BCUT2D eigenvalue weighted by Gasteiger charge is 2.07. The average molecular weight is 267 g/mol. The fraction of sp³-hybridized carbons (Fsp3) is 0.100. The van der Waals surface area contributed by atoms with Gasteiger partial charge in [0.25, 0.3) is 0 Å². The predicted molar refractivity (Wildman–Crippen MR) is 63.6 cm³/mol. The highest BCUT2D eigenvalue weighted by Crippen LogP contribution is 2.32. The number of nitrogens with zero attached hydrogens (tertiary/aromatic N) is 1. The first-order valence-corrected chi connectivity index (χ1v) is 5.97. The van der Waals surface area contributed by atoms with Gasteiger partial charge in [0.05, 0.1) is 0 Å². The molecule has 0 fully saturated rings. The number of nitrogens with two attached hydrogens (primary N) is 1. The van der Waals surface area contributed by atoms with Crippen LogP contribution in [0.3, 0.4) is 0 Å². The largest absolute Gasteiger partial charge is 0.398 e. The van der Waals surface area contributed by atoms with Crippen LogP contribution in [0.25, 0.3) is 10.1 Å². The lowest BCUT2D eigenvalue weighted by atomic mass is 10.1. The monoisotopic (exact) mass is 266 g/mol. The van der Waals surface area contributed by atoms with Crippen LogP contribution >= 0.6 is 27.3 Å². The Bertz CT molecular complexity index is 525. The van der Waals surface area contributed by atoms with E-state index in [1.165, 1.54) is 11.3 Å². The van der Waals surface area contributed by atoms with Crippen molar-refractivity contribution in [3.05, 3.63) is 28.6 Å². The molecule has 0 aliphatic heterocycles. The lowest BCUT2D eigenvalue weighted by molar-refractivity contribution is 1.51. The fourth-order valence-electron chi connectivity index (χ4n) is 1.37. The summed E-state index contributed by atoms with van der Waals surface area (Å²) in [5.41, 5.74) is 7.70. The van der Waals surface area contributed by atoms with Crippen molar-refractivity contribution in [2.45, 2.75) is 5.33 Å². The van der Waals surface area contributed by atoms with Crippen LogP contribution in [0.5, 0.6) is 0 Å². The minimum Gasteiger partial charge on any atom is -0.398 e. The molecule has 2 rings (SSSR count). The number of anilines is 1. The van der Waals surface area contributed by atoms with E-state index in [1.807, 2.05) is 18.2 Å². The number of nitrogen functional groups attached to an aromatic ring is 1. The van der Waals surface area contributed by atoms with Crippen LogP contribution in [0.15, 0.2) is 18.2 Å². The zero-order valence-corrected chi connectivity index (χ0v) is 9.65. The van der Waals surface area contributed by atoms with Crippen molar-refractivity contribution < 1.29 is 0 Å². The minimum absolute atomic E-state index is 0.724. The molecule has 2 N–H and O–H groups in total. The van der Waals surface area contributed by atoms with Crippen LogP contribution in [0.1, 0.15) is 10.4 Å². The van der Waals surface area contributed by atoms with E-state index < -0.39 is 0 Å². The maximum Gasteiger partial charge on any atom is 0.110 e. The minimum atomic E-state index is 0.724.